The van der Waals surface area contributed by atoms with Gasteiger partial charge < -0.3 is 10.0 Å². The molecule has 0 bridgehead atoms. The van der Waals surface area contributed by atoms with Crippen molar-refractivity contribution in [1.82, 2.24) is 9.62 Å². The molecule has 0 unspecified atom stereocenters. The van der Waals surface area contributed by atoms with Gasteiger partial charge in [-0.1, -0.05) is 13.8 Å². The van der Waals surface area contributed by atoms with Gasteiger partial charge in [0.2, 0.25) is 10.0 Å². The molecule has 0 radical (unpaired) electrons. The molecule has 110 valence electrons. The number of nitrogens with one attached hydrogen (secondary N) is 1. The SMILES string of the molecule is CCN(CC)CCNS(=O)(=O)c1cc(CO)sc1C. The normalized spacial score (nSPS) is 12.3. The Bertz CT molecular complexity index is 493. The van der Waals surface area contributed by atoms with Crippen LogP contribution in [0.3, 0.4) is 0 Å². The van der Waals surface area contributed by atoms with Gasteiger partial charge in [0.25, 0.3) is 0 Å². The fourth-order valence-corrected chi connectivity index (χ4v) is 4.34. The number of sulfonamides is 1. The molecule has 5 nitrogen and oxygen atoms in total. The third-order valence-electron chi connectivity index (χ3n) is 2.98. The van der Waals surface area contributed by atoms with Crippen LogP contribution >= 0.6 is 11.3 Å². The molecule has 0 aliphatic rings. The maximum Gasteiger partial charge on any atom is 0.241 e. The van der Waals surface area contributed by atoms with Gasteiger partial charge in [0.05, 0.1) is 11.5 Å². The summed E-state index contributed by atoms with van der Waals surface area (Å²) in [6.07, 6.45) is 0. The van der Waals surface area contributed by atoms with Crippen molar-refractivity contribution in [2.24, 2.45) is 0 Å². The zero-order valence-electron chi connectivity index (χ0n) is 11.6. The van der Waals surface area contributed by atoms with Gasteiger partial charge in [-0.25, -0.2) is 13.1 Å². The summed E-state index contributed by atoms with van der Waals surface area (Å²) < 4.78 is 26.9. The average Bonchev–Trinajstić information content (AvgIpc) is 2.77. The molecule has 0 spiro atoms. The van der Waals surface area contributed by atoms with Crippen molar-refractivity contribution in [2.75, 3.05) is 26.2 Å². The Labute approximate surface area is 119 Å². The molecule has 0 atom stereocenters. The molecule has 0 saturated carbocycles. The van der Waals surface area contributed by atoms with Gasteiger partial charge in [0, 0.05) is 22.8 Å². The van der Waals surface area contributed by atoms with Gasteiger partial charge in [-0.3, -0.25) is 0 Å². The molecule has 19 heavy (non-hydrogen) atoms. The second-order valence-corrected chi connectivity index (χ2v) is 7.29. The molecule has 1 rings (SSSR count). The van der Waals surface area contributed by atoms with Crippen molar-refractivity contribution in [1.29, 1.82) is 0 Å². The van der Waals surface area contributed by atoms with E-state index in [1.807, 2.05) is 0 Å². The number of aryl methyl sites for hydroxylation is 1. The monoisotopic (exact) mass is 306 g/mol. The Morgan fingerprint density at radius 3 is 2.47 bits per heavy atom. The molecule has 0 aromatic carbocycles. The van der Waals surface area contributed by atoms with E-state index < -0.39 is 10.0 Å². The highest BCUT2D eigenvalue weighted by molar-refractivity contribution is 7.89. The summed E-state index contributed by atoms with van der Waals surface area (Å²) >= 11 is 1.31. The Balaban J connectivity index is 2.68. The Kier molecular flexibility index (Phi) is 6.41. The van der Waals surface area contributed by atoms with Gasteiger partial charge in [0.15, 0.2) is 0 Å². The van der Waals surface area contributed by atoms with Crippen LogP contribution in [0.5, 0.6) is 0 Å². The number of aliphatic hydroxyl groups excluding tert-OH is 1. The van der Waals surface area contributed by atoms with Gasteiger partial charge in [-0.2, -0.15) is 0 Å². The molecule has 0 amide bonds. The smallest absolute Gasteiger partial charge is 0.241 e. The lowest BCUT2D eigenvalue weighted by Gasteiger charge is -2.17. The van der Waals surface area contributed by atoms with Gasteiger partial charge in [-0.15, -0.1) is 11.3 Å². The van der Waals surface area contributed by atoms with E-state index in [2.05, 4.69) is 23.5 Å². The van der Waals surface area contributed by atoms with Crippen LogP contribution in [-0.4, -0.2) is 44.6 Å². The lowest BCUT2D eigenvalue weighted by molar-refractivity contribution is 0.285. The lowest BCUT2D eigenvalue weighted by Crippen LogP contribution is -2.34. The minimum Gasteiger partial charge on any atom is -0.391 e. The molecule has 7 heteroatoms. The van der Waals surface area contributed by atoms with E-state index in [-0.39, 0.29) is 11.5 Å². The summed E-state index contributed by atoms with van der Waals surface area (Å²) in [4.78, 5) is 3.81. The quantitative estimate of drug-likeness (QED) is 0.756. The summed E-state index contributed by atoms with van der Waals surface area (Å²) in [5, 5.41) is 9.04. The number of rotatable bonds is 8. The zero-order valence-corrected chi connectivity index (χ0v) is 13.3. The van der Waals surface area contributed by atoms with E-state index in [1.54, 1.807) is 13.0 Å². The Morgan fingerprint density at radius 2 is 2.00 bits per heavy atom. The predicted molar refractivity (Wildman–Crippen MR) is 78.0 cm³/mol. The van der Waals surface area contributed by atoms with Crippen LogP contribution in [0.1, 0.15) is 23.6 Å². The van der Waals surface area contributed by atoms with E-state index in [1.165, 1.54) is 11.3 Å². The first-order chi connectivity index (χ1) is 8.94. The minimum absolute atomic E-state index is 0.125. The third kappa shape index (κ3) is 4.54. The Morgan fingerprint density at radius 1 is 1.37 bits per heavy atom. The number of aliphatic hydroxyl groups is 1. The summed E-state index contributed by atoms with van der Waals surface area (Å²) in [7, 11) is -3.47. The van der Waals surface area contributed by atoms with E-state index in [4.69, 9.17) is 5.11 Å². The van der Waals surface area contributed by atoms with Crippen LogP contribution in [0.4, 0.5) is 0 Å². The van der Waals surface area contributed by atoms with Crippen LogP contribution in [0.2, 0.25) is 0 Å². The van der Waals surface area contributed by atoms with E-state index in [9.17, 15) is 8.42 Å². The molecule has 1 aromatic rings. The second kappa shape index (κ2) is 7.35. The number of thiophene rings is 1. The summed E-state index contributed by atoms with van der Waals surface area (Å²) in [6, 6.07) is 1.54. The number of hydrogen-bond donors (Lipinski definition) is 2. The first-order valence-corrected chi connectivity index (χ1v) is 8.66. The van der Waals surface area contributed by atoms with E-state index >= 15 is 0 Å². The van der Waals surface area contributed by atoms with Gasteiger partial charge >= 0.3 is 0 Å². The van der Waals surface area contributed by atoms with Crippen LogP contribution < -0.4 is 4.72 Å². The fraction of sp³-hybridized carbons (Fsp3) is 0.667. The molecule has 0 fully saturated rings. The number of hydrogen-bond acceptors (Lipinski definition) is 5. The molecule has 2 N–H and O–H groups in total. The van der Waals surface area contributed by atoms with Crippen molar-refractivity contribution >= 4 is 21.4 Å². The molecule has 1 heterocycles. The van der Waals surface area contributed by atoms with Crippen molar-refractivity contribution in [3.63, 3.8) is 0 Å². The van der Waals surface area contributed by atoms with Crippen molar-refractivity contribution in [3.05, 3.63) is 15.8 Å². The maximum atomic E-state index is 12.1. The van der Waals surface area contributed by atoms with Crippen molar-refractivity contribution in [2.45, 2.75) is 32.3 Å². The number of likely N-dealkylation sites (N-methyl/N-ethyl adjacent to an activating group) is 1. The first-order valence-electron chi connectivity index (χ1n) is 6.36. The van der Waals surface area contributed by atoms with Crippen LogP contribution in [0.25, 0.3) is 0 Å². The largest absolute Gasteiger partial charge is 0.391 e. The highest BCUT2D eigenvalue weighted by Gasteiger charge is 2.19. The maximum absolute atomic E-state index is 12.1. The average molecular weight is 306 g/mol. The van der Waals surface area contributed by atoms with Gasteiger partial charge in [0.1, 0.15) is 0 Å². The molecule has 0 saturated heterocycles. The summed E-state index contributed by atoms with van der Waals surface area (Å²) in [5.41, 5.74) is 0. The zero-order chi connectivity index (χ0) is 14.5. The lowest BCUT2D eigenvalue weighted by atomic mass is 10.4. The van der Waals surface area contributed by atoms with Crippen LogP contribution in [0, 0.1) is 6.92 Å². The third-order valence-corrected chi connectivity index (χ3v) is 5.73. The van der Waals surface area contributed by atoms with Crippen LogP contribution in [0.15, 0.2) is 11.0 Å². The fourth-order valence-electron chi connectivity index (χ4n) is 1.82. The van der Waals surface area contributed by atoms with Crippen molar-refractivity contribution < 1.29 is 13.5 Å². The Hall–Kier alpha value is -0.470. The minimum atomic E-state index is -3.47. The molecular formula is C12H22N2O3S2. The number of nitrogens with zero attached hydrogens (tertiary/aromatic N) is 1. The topological polar surface area (TPSA) is 69.6 Å². The molecule has 0 aliphatic carbocycles. The van der Waals surface area contributed by atoms with Crippen molar-refractivity contribution in [3.8, 4) is 0 Å². The van der Waals surface area contributed by atoms with E-state index in [0.29, 0.717) is 22.8 Å². The summed E-state index contributed by atoms with van der Waals surface area (Å²) in [6.45, 7) is 8.64. The second-order valence-electron chi connectivity index (χ2n) is 4.22. The first kappa shape index (κ1) is 16.6. The molecule has 0 aliphatic heterocycles. The van der Waals surface area contributed by atoms with Gasteiger partial charge in [-0.05, 0) is 26.1 Å². The molecular weight excluding hydrogens is 284 g/mol. The predicted octanol–water partition coefficient (Wildman–Crippen LogP) is 1.17. The highest BCUT2D eigenvalue weighted by Crippen LogP contribution is 2.25. The summed E-state index contributed by atoms with van der Waals surface area (Å²) in [5.74, 6) is 0. The van der Waals surface area contributed by atoms with Crippen LogP contribution in [-0.2, 0) is 16.6 Å². The van der Waals surface area contributed by atoms with E-state index in [0.717, 1.165) is 13.1 Å². The standard InChI is InChI=1S/C12H22N2O3S2/c1-4-14(5-2)7-6-13-19(16,17)12-8-11(9-15)18-10(12)3/h8,13,15H,4-7,9H2,1-3H3. The highest BCUT2D eigenvalue weighted by atomic mass is 32.2. The molecule has 1 aromatic heterocycles.